The smallest absolute Gasteiger partial charge is 0.240 e. The van der Waals surface area contributed by atoms with Gasteiger partial charge in [0.05, 0.1) is 4.90 Å². The van der Waals surface area contributed by atoms with Crippen LogP contribution in [0, 0.1) is 11.8 Å². The van der Waals surface area contributed by atoms with Gasteiger partial charge >= 0.3 is 0 Å². The lowest BCUT2D eigenvalue weighted by Gasteiger charge is -2.11. The molecule has 1 aromatic carbocycles. The zero-order chi connectivity index (χ0) is 16.0. The summed E-state index contributed by atoms with van der Waals surface area (Å²) in [4.78, 5) is 0.366. The monoisotopic (exact) mass is 360 g/mol. The summed E-state index contributed by atoms with van der Waals surface area (Å²) in [5.74, 6) is 1.26. The molecule has 1 atom stereocenters. The van der Waals surface area contributed by atoms with E-state index in [1.165, 1.54) is 5.56 Å². The Morgan fingerprint density at radius 3 is 2.52 bits per heavy atom. The van der Waals surface area contributed by atoms with E-state index < -0.39 is 10.0 Å². The van der Waals surface area contributed by atoms with E-state index in [1.807, 2.05) is 12.1 Å². The molecule has 0 saturated carbocycles. The third kappa shape index (κ3) is 6.79. The van der Waals surface area contributed by atoms with E-state index in [2.05, 4.69) is 23.9 Å². The lowest BCUT2D eigenvalue weighted by atomic mass is 10.0. The lowest BCUT2D eigenvalue weighted by molar-refractivity contribution is 0.519. The zero-order valence-electron chi connectivity index (χ0n) is 14.0. The molecular formula is C17H29ClN2O2S. The molecule has 1 aliphatic heterocycles. The van der Waals surface area contributed by atoms with Crippen LogP contribution in [0.15, 0.2) is 29.2 Å². The van der Waals surface area contributed by atoms with E-state index in [1.54, 1.807) is 12.1 Å². The summed E-state index contributed by atoms with van der Waals surface area (Å²) in [6, 6.07) is 7.29. The quantitative estimate of drug-likeness (QED) is 0.749. The molecule has 1 heterocycles. The molecule has 0 radical (unpaired) electrons. The van der Waals surface area contributed by atoms with Gasteiger partial charge in [-0.1, -0.05) is 26.0 Å². The first-order valence-electron chi connectivity index (χ1n) is 8.26. The summed E-state index contributed by atoms with van der Waals surface area (Å²) in [6.45, 7) is 6.97. The van der Waals surface area contributed by atoms with Gasteiger partial charge in [0.1, 0.15) is 0 Å². The van der Waals surface area contributed by atoms with Gasteiger partial charge in [0, 0.05) is 6.54 Å². The molecule has 0 aliphatic carbocycles. The minimum atomic E-state index is -3.37. The molecule has 0 aromatic heterocycles. The predicted molar refractivity (Wildman–Crippen MR) is 97.6 cm³/mol. The highest BCUT2D eigenvalue weighted by atomic mass is 35.5. The fourth-order valence-corrected chi connectivity index (χ4v) is 3.78. The van der Waals surface area contributed by atoms with E-state index in [0.717, 1.165) is 38.8 Å². The van der Waals surface area contributed by atoms with Gasteiger partial charge in [-0.05, 0) is 68.3 Å². The number of halogens is 1. The second-order valence-electron chi connectivity index (χ2n) is 6.62. The van der Waals surface area contributed by atoms with Crippen LogP contribution in [0.2, 0.25) is 0 Å². The minimum Gasteiger partial charge on any atom is -0.316 e. The highest BCUT2D eigenvalue weighted by molar-refractivity contribution is 7.89. The van der Waals surface area contributed by atoms with E-state index in [0.29, 0.717) is 23.3 Å². The first-order chi connectivity index (χ1) is 10.5. The Morgan fingerprint density at radius 2 is 1.96 bits per heavy atom. The van der Waals surface area contributed by atoms with Crippen molar-refractivity contribution in [3.8, 4) is 0 Å². The first kappa shape index (κ1) is 20.4. The Balaban J connectivity index is 0.00000264. The maximum Gasteiger partial charge on any atom is 0.240 e. The summed E-state index contributed by atoms with van der Waals surface area (Å²) in [5.41, 5.74) is 1.20. The molecule has 1 aliphatic rings. The van der Waals surface area contributed by atoms with E-state index in [9.17, 15) is 8.42 Å². The van der Waals surface area contributed by atoms with Crippen LogP contribution in [-0.2, 0) is 16.4 Å². The Kier molecular flexibility index (Phi) is 8.54. The average molecular weight is 361 g/mol. The van der Waals surface area contributed by atoms with Crippen molar-refractivity contribution >= 4 is 22.4 Å². The van der Waals surface area contributed by atoms with Crippen molar-refractivity contribution in [3.05, 3.63) is 29.8 Å². The van der Waals surface area contributed by atoms with Crippen molar-refractivity contribution in [2.24, 2.45) is 11.8 Å². The Bertz CT molecular complexity index is 552. The van der Waals surface area contributed by atoms with Crippen LogP contribution >= 0.6 is 12.4 Å². The first-order valence-corrected chi connectivity index (χ1v) is 9.75. The fraction of sp³-hybridized carbons (Fsp3) is 0.647. The van der Waals surface area contributed by atoms with Gasteiger partial charge in [-0.25, -0.2) is 13.1 Å². The lowest BCUT2D eigenvalue weighted by Crippen LogP contribution is -2.26. The van der Waals surface area contributed by atoms with Gasteiger partial charge in [0.25, 0.3) is 0 Å². The summed E-state index contributed by atoms with van der Waals surface area (Å²) >= 11 is 0. The van der Waals surface area contributed by atoms with Crippen molar-refractivity contribution in [1.29, 1.82) is 0 Å². The maximum absolute atomic E-state index is 12.3. The highest BCUT2D eigenvalue weighted by Crippen LogP contribution is 2.15. The molecule has 2 rings (SSSR count). The van der Waals surface area contributed by atoms with Gasteiger partial charge in [-0.2, -0.15) is 0 Å². The van der Waals surface area contributed by atoms with Crippen molar-refractivity contribution in [2.45, 2.75) is 44.4 Å². The summed E-state index contributed by atoms with van der Waals surface area (Å²) < 4.78 is 27.2. The van der Waals surface area contributed by atoms with Crippen molar-refractivity contribution < 1.29 is 8.42 Å². The second kappa shape index (κ2) is 9.62. The molecule has 2 N–H and O–H groups in total. The maximum atomic E-state index is 12.3. The Labute approximate surface area is 146 Å². The number of nitrogens with one attached hydrogen (secondary N) is 2. The number of hydrogen-bond donors (Lipinski definition) is 2. The molecule has 1 unspecified atom stereocenters. The van der Waals surface area contributed by atoms with Gasteiger partial charge in [-0.3, -0.25) is 0 Å². The van der Waals surface area contributed by atoms with Gasteiger partial charge in [0.15, 0.2) is 0 Å². The molecule has 0 bridgehead atoms. The third-order valence-electron chi connectivity index (χ3n) is 4.25. The van der Waals surface area contributed by atoms with Crippen LogP contribution in [0.3, 0.4) is 0 Å². The SMILES string of the molecule is CC(C)CCc1ccc(S(=O)(=O)NCCC2CCNC2)cc1.Cl. The molecule has 132 valence electrons. The van der Waals surface area contributed by atoms with Crippen LogP contribution < -0.4 is 10.0 Å². The predicted octanol–water partition coefficient (Wildman–Crippen LogP) is 2.97. The summed E-state index contributed by atoms with van der Waals surface area (Å²) in [6.07, 6.45) is 4.17. The molecule has 23 heavy (non-hydrogen) atoms. The van der Waals surface area contributed by atoms with Crippen LogP contribution in [0.25, 0.3) is 0 Å². The van der Waals surface area contributed by atoms with Crippen molar-refractivity contribution in [1.82, 2.24) is 10.0 Å². The molecule has 1 aromatic rings. The summed E-state index contributed by atoms with van der Waals surface area (Å²) in [5, 5.41) is 3.30. The average Bonchev–Trinajstić information content (AvgIpc) is 2.98. The van der Waals surface area contributed by atoms with Crippen LogP contribution in [0.5, 0.6) is 0 Å². The Hall–Kier alpha value is -0.620. The van der Waals surface area contributed by atoms with Crippen LogP contribution in [-0.4, -0.2) is 28.1 Å². The standard InChI is InChI=1S/C17H28N2O2S.ClH/c1-14(2)3-4-15-5-7-17(8-6-15)22(20,21)19-12-10-16-9-11-18-13-16;/h5-8,14,16,18-19H,3-4,9-13H2,1-2H3;1H. The van der Waals surface area contributed by atoms with Crippen molar-refractivity contribution in [2.75, 3.05) is 19.6 Å². The summed E-state index contributed by atoms with van der Waals surface area (Å²) in [7, 11) is -3.37. The number of hydrogen-bond acceptors (Lipinski definition) is 3. The second-order valence-corrected chi connectivity index (χ2v) is 8.39. The molecule has 1 fully saturated rings. The van der Waals surface area contributed by atoms with Crippen LogP contribution in [0.1, 0.15) is 38.7 Å². The molecule has 1 saturated heterocycles. The number of rotatable bonds is 8. The van der Waals surface area contributed by atoms with E-state index >= 15 is 0 Å². The largest absolute Gasteiger partial charge is 0.316 e. The van der Waals surface area contributed by atoms with E-state index in [-0.39, 0.29) is 12.4 Å². The van der Waals surface area contributed by atoms with Gasteiger partial charge in [-0.15, -0.1) is 12.4 Å². The molecule has 6 heteroatoms. The molecular weight excluding hydrogens is 332 g/mol. The highest BCUT2D eigenvalue weighted by Gasteiger charge is 2.17. The van der Waals surface area contributed by atoms with Crippen LogP contribution in [0.4, 0.5) is 0 Å². The molecule has 0 amide bonds. The molecule has 0 spiro atoms. The molecule has 4 nitrogen and oxygen atoms in total. The van der Waals surface area contributed by atoms with Gasteiger partial charge < -0.3 is 5.32 Å². The number of sulfonamides is 1. The Morgan fingerprint density at radius 1 is 1.26 bits per heavy atom. The topological polar surface area (TPSA) is 58.2 Å². The fourth-order valence-electron chi connectivity index (χ4n) is 2.73. The number of aryl methyl sites for hydroxylation is 1. The van der Waals surface area contributed by atoms with Gasteiger partial charge in [0.2, 0.25) is 10.0 Å². The minimum absolute atomic E-state index is 0. The third-order valence-corrected chi connectivity index (χ3v) is 5.73. The van der Waals surface area contributed by atoms with E-state index in [4.69, 9.17) is 0 Å². The van der Waals surface area contributed by atoms with Crippen molar-refractivity contribution in [3.63, 3.8) is 0 Å². The normalized spacial score (nSPS) is 18.1. The zero-order valence-corrected chi connectivity index (χ0v) is 15.7. The number of benzene rings is 1.